The van der Waals surface area contributed by atoms with Crippen molar-refractivity contribution in [3.63, 3.8) is 0 Å². The Bertz CT molecular complexity index is 1100. The van der Waals surface area contributed by atoms with Crippen molar-refractivity contribution in [1.29, 1.82) is 0 Å². The van der Waals surface area contributed by atoms with Gasteiger partial charge in [-0.25, -0.2) is 13.9 Å². The van der Waals surface area contributed by atoms with Gasteiger partial charge in [0.05, 0.1) is 5.69 Å². The van der Waals surface area contributed by atoms with Crippen LogP contribution in [0.4, 0.5) is 4.39 Å². The maximum absolute atomic E-state index is 13.5. The van der Waals surface area contributed by atoms with Crippen LogP contribution in [0, 0.1) is 12.7 Å². The second kappa shape index (κ2) is 5.45. The number of hydrogen-bond donors (Lipinski definition) is 1. The van der Waals surface area contributed by atoms with Crippen LogP contribution >= 0.6 is 0 Å². The number of benzene rings is 2. The maximum atomic E-state index is 13.5. The minimum Gasteiger partial charge on any atom is -0.293 e. The Hall–Kier alpha value is -3.21. The Morgan fingerprint density at radius 2 is 1.75 bits per heavy atom. The molecule has 5 heteroatoms. The number of halogens is 1. The summed E-state index contributed by atoms with van der Waals surface area (Å²) in [6.07, 6.45) is 0. The molecule has 0 amide bonds. The van der Waals surface area contributed by atoms with Crippen LogP contribution in [0.1, 0.15) is 5.69 Å². The van der Waals surface area contributed by atoms with Gasteiger partial charge < -0.3 is 0 Å². The molecule has 0 saturated carbocycles. The summed E-state index contributed by atoms with van der Waals surface area (Å²) in [5, 5.41) is 3.05. The van der Waals surface area contributed by atoms with Crippen molar-refractivity contribution in [3.8, 4) is 22.4 Å². The zero-order valence-electron chi connectivity index (χ0n) is 13.0. The number of fused-ring (bicyclic) bond motifs is 1. The van der Waals surface area contributed by atoms with Crippen molar-refractivity contribution in [2.75, 3.05) is 0 Å². The molecule has 0 atom stereocenters. The van der Waals surface area contributed by atoms with Crippen LogP contribution < -0.4 is 5.56 Å². The summed E-state index contributed by atoms with van der Waals surface area (Å²) in [6.45, 7) is 1.90. The zero-order valence-corrected chi connectivity index (χ0v) is 13.0. The minimum absolute atomic E-state index is 0.232. The van der Waals surface area contributed by atoms with E-state index in [4.69, 9.17) is 0 Å². The molecule has 4 aromatic rings. The van der Waals surface area contributed by atoms with Crippen molar-refractivity contribution >= 4 is 5.65 Å². The van der Waals surface area contributed by atoms with Gasteiger partial charge in [-0.05, 0) is 24.6 Å². The lowest BCUT2D eigenvalue weighted by Gasteiger charge is -2.04. The number of nitrogens with one attached hydrogen (secondary N) is 1. The van der Waals surface area contributed by atoms with Crippen LogP contribution in [0.5, 0.6) is 0 Å². The first-order valence-corrected chi connectivity index (χ1v) is 7.57. The fraction of sp³-hybridized carbons (Fsp3) is 0.0526. The summed E-state index contributed by atoms with van der Waals surface area (Å²) in [5.74, 6) is -0.358. The Balaban J connectivity index is 2.02. The molecule has 24 heavy (non-hydrogen) atoms. The van der Waals surface area contributed by atoms with E-state index in [2.05, 4.69) is 10.1 Å². The Morgan fingerprint density at radius 3 is 2.50 bits per heavy atom. The van der Waals surface area contributed by atoms with Gasteiger partial charge in [-0.15, -0.1) is 0 Å². The number of hydrogen-bond acceptors (Lipinski definition) is 2. The second-order valence-corrected chi connectivity index (χ2v) is 5.63. The lowest BCUT2D eigenvalue weighted by Crippen LogP contribution is -2.14. The van der Waals surface area contributed by atoms with E-state index >= 15 is 0 Å². The van der Waals surface area contributed by atoms with Gasteiger partial charge in [-0.3, -0.25) is 9.89 Å². The number of nitrogens with zero attached hydrogens (tertiary/aromatic N) is 2. The smallest absolute Gasteiger partial charge is 0.273 e. The van der Waals surface area contributed by atoms with Crippen LogP contribution in [-0.2, 0) is 0 Å². The van der Waals surface area contributed by atoms with Gasteiger partial charge >= 0.3 is 0 Å². The SMILES string of the molecule is Cc1[nH]n2c(=O)cc(-c3cccc(F)c3)nc2c1-c1ccccc1. The monoisotopic (exact) mass is 319 g/mol. The molecule has 0 saturated heterocycles. The van der Waals surface area contributed by atoms with Crippen LogP contribution in [0.25, 0.3) is 28.0 Å². The fourth-order valence-corrected chi connectivity index (χ4v) is 2.90. The van der Waals surface area contributed by atoms with E-state index in [1.165, 1.54) is 22.7 Å². The summed E-state index contributed by atoms with van der Waals surface area (Å²) in [5.41, 5.74) is 4.02. The molecule has 1 N–H and O–H groups in total. The van der Waals surface area contributed by atoms with Gasteiger partial charge in [0, 0.05) is 22.9 Å². The lowest BCUT2D eigenvalue weighted by atomic mass is 10.1. The maximum Gasteiger partial charge on any atom is 0.273 e. The third-order valence-corrected chi connectivity index (χ3v) is 3.98. The van der Waals surface area contributed by atoms with Crippen molar-refractivity contribution in [2.24, 2.45) is 0 Å². The van der Waals surface area contributed by atoms with E-state index in [0.717, 1.165) is 16.8 Å². The van der Waals surface area contributed by atoms with E-state index in [9.17, 15) is 9.18 Å². The topological polar surface area (TPSA) is 50.2 Å². The molecule has 0 aliphatic rings. The normalized spacial score (nSPS) is 11.1. The van der Waals surface area contributed by atoms with Crippen molar-refractivity contribution in [1.82, 2.24) is 14.6 Å². The van der Waals surface area contributed by atoms with E-state index in [0.29, 0.717) is 16.9 Å². The highest BCUT2D eigenvalue weighted by Crippen LogP contribution is 2.27. The van der Waals surface area contributed by atoms with Gasteiger partial charge in [0.2, 0.25) is 0 Å². The Kier molecular flexibility index (Phi) is 3.27. The molecule has 2 heterocycles. The van der Waals surface area contributed by atoms with E-state index in [1.807, 2.05) is 37.3 Å². The average Bonchev–Trinajstić information content (AvgIpc) is 2.92. The summed E-state index contributed by atoms with van der Waals surface area (Å²) in [6, 6.07) is 17.2. The number of aryl methyl sites for hydroxylation is 1. The van der Waals surface area contributed by atoms with Crippen LogP contribution in [-0.4, -0.2) is 14.6 Å². The molecule has 2 aromatic carbocycles. The van der Waals surface area contributed by atoms with Gasteiger partial charge in [0.15, 0.2) is 5.65 Å². The fourth-order valence-electron chi connectivity index (χ4n) is 2.90. The summed E-state index contributed by atoms with van der Waals surface area (Å²) in [4.78, 5) is 17.1. The van der Waals surface area contributed by atoms with Crippen LogP contribution in [0.3, 0.4) is 0 Å². The molecule has 0 radical (unpaired) electrons. The van der Waals surface area contributed by atoms with E-state index in [1.54, 1.807) is 12.1 Å². The highest BCUT2D eigenvalue weighted by atomic mass is 19.1. The quantitative estimate of drug-likeness (QED) is 0.611. The summed E-state index contributed by atoms with van der Waals surface area (Å²) < 4.78 is 14.9. The van der Waals surface area contributed by atoms with E-state index in [-0.39, 0.29) is 11.4 Å². The van der Waals surface area contributed by atoms with Gasteiger partial charge in [-0.2, -0.15) is 0 Å². The standard InChI is InChI=1S/C19H14FN3O/c1-12-18(13-6-3-2-4-7-13)19-21-16(11-17(24)23(19)22-12)14-8-5-9-15(20)10-14/h2-11,22H,1H3. The molecule has 0 fully saturated rings. The number of aromatic nitrogens is 3. The number of H-pyrrole nitrogens is 1. The Labute approximate surface area is 137 Å². The Morgan fingerprint density at radius 1 is 1.00 bits per heavy atom. The molecule has 0 unspecified atom stereocenters. The molecule has 0 aliphatic heterocycles. The molecular formula is C19H14FN3O. The molecule has 4 nitrogen and oxygen atoms in total. The van der Waals surface area contributed by atoms with Gasteiger partial charge in [0.1, 0.15) is 5.82 Å². The lowest BCUT2D eigenvalue weighted by molar-refractivity contribution is 0.628. The molecule has 2 aromatic heterocycles. The molecule has 0 bridgehead atoms. The highest BCUT2D eigenvalue weighted by Gasteiger charge is 2.15. The highest BCUT2D eigenvalue weighted by molar-refractivity contribution is 5.80. The average molecular weight is 319 g/mol. The molecule has 4 rings (SSSR count). The zero-order chi connectivity index (χ0) is 16.7. The number of aromatic amines is 1. The molecule has 118 valence electrons. The largest absolute Gasteiger partial charge is 0.293 e. The van der Waals surface area contributed by atoms with E-state index < -0.39 is 0 Å². The van der Waals surface area contributed by atoms with Crippen LogP contribution in [0.15, 0.2) is 65.5 Å². The molecule has 0 aliphatic carbocycles. The summed E-state index contributed by atoms with van der Waals surface area (Å²) >= 11 is 0. The van der Waals surface area contributed by atoms with Gasteiger partial charge in [-0.1, -0.05) is 42.5 Å². The summed E-state index contributed by atoms with van der Waals surface area (Å²) in [7, 11) is 0. The third kappa shape index (κ3) is 2.31. The molecule has 0 spiro atoms. The van der Waals surface area contributed by atoms with Crippen LogP contribution in [0.2, 0.25) is 0 Å². The predicted molar refractivity (Wildman–Crippen MR) is 91.4 cm³/mol. The first-order valence-electron chi connectivity index (χ1n) is 7.57. The van der Waals surface area contributed by atoms with Crippen molar-refractivity contribution < 1.29 is 4.39 Å². The minimum atomic E-state index is -0.358. The molecular weight excluding hydrogens is 305 g/mol. The van der Waals surface area contributed by atoms with Crippen molar-refractivity contribution in [2.45, 2.75) is 6.92 Å². The van der Waals surface area contributed by atoms with Crippen molar-refractivity contribution in [3.05, 3.63) is 82.5 Å². The first kappa shape index (κ1) is 14.4. The third-order valence-electron chi connectivity index (χ3n) is 3.98. The predicted octanol–water partition coefficient (Wildman–Crippen LogP) is 3.80. The first-order chi connectivity index (χ1) is 11.6. The number of rotatable bonds is 2. The van der Waals surface area contributed by atoms with Gasteiger partial charge in [0.25, 0.3) is 5.56 Å². The second-order valence-electron chi connectivity index (χ2n) is 5.63.